The molecule has 0 saturated carbocycles. The smallest absolute Gasteiger partial charge is 0.225 e. The zero-order valence-corrected chi connectivity index (χ0v) is 17.6. The number of sulfone groups is 1. The summed E-state index contributed by atoms with van der Waals surface area (Å²) in [7, 11) is -3.00. The molecular formula is C21H26N4O3S. The van der Waals surface area contributed by atoms with Crippen LogP contribution in [0.3, 0.4) is 0 Å². The van der Waals surface area contributed by atoms with Gasteiger partial charge in [0.2, 0.25) is 5.91 Å². The van der Waals surface area contributed by atoms with E-state index < -0.39 is 9.84 Å². The highest BCUT2D eigenvalue weighted by Crippen LogP contribution is 2.23. The van der Waals surface area contributed by atoms with E-state index in [1.54, 1.807) is 4.68 Å². The summed E-state index contributed by atoms with van der Waals surface area (Å²) < 4.78 is 25.3. The van der Waals surface area contributed by atoms with E-state index in [0.29, 0.717) is 25.2 Å². The molecule has 1 aromatic carbocycles. The molecule has 0 radical (unpaired) electrons. The third-order valence-electron chi connectivity index (χ3n) is 5.20. The number of benzene rings is 1. The van der Waals surface area contributed by atoms with Gasteiger partial charge in [-0.2, -0.15) is 5.10 Å². The van der Waals surface area contributed by atoms with Crippen LogP contribution in [0.5, 0.6) is 0 Å². The van der Waals surface area contributed by atoms with E-state index >= 15 is 0 Å². The minimum Gasteiger partial charge on any atom is -0.323 e. The molecule has 0 aliphatic carbocycles. The Balaban J connectivity index is 1.65. The van der Waals surface area contributed by atoms with Crippen molar-refractivity contribution in [1.29, 1.82) is 0 Å². The number of nitrogens with zero attached hydrogens (tertiary/aromatic N) is 3. The van der Waals surface area contributed by atoms with Crippen LogP contribution in [-0.2, 0) is 14.6 Å². The van der Waals surface area contributed by atoms with Crippen molar-refractivity contribution in [2.75, 3.05) is 29.9 Å². The molecule has 1 amide bonds. The normalized spacial score (nSPS) is 17.9. The number of carbonyl (C=O) groups is 1. The third-order valence-corrected chi connectivity index (χ3v) is 6.95. The first-order valence-corrected chi connectivity index (χ1v) is 11.4. The Bertz CT molecular complexity index is 1020. The SMILES string of the molecule is C#CCN(CCC(=O)Nc1c(C)nn(-c2ccccc2)c1C)C1CCS(=O)(=O)C1. The van der Waals surface area contributed by atoms with Crippen LogP contribution in [0.1, 0.15) is 24.2 Å². The number of aromatic nitrogens is 2. The molecule has 1 N–H and O–H groups in total. The summed E-state index contributed by atoms with van der Waals surface area (Å²) in [6.07, 6.45) is 6.23. The minimum absolute atomic E-state index is 0.109. The lowest BCUT2D eigenvalue weighted by molar-refractivity contribution is -0.116. The van der Waals surface area contributed by atoms with Gasteiger partial charge >= 0.3 is 0 Å². The molecule has 1 unspecified atom stereocenters. The molecule has 1 fully saturated rings. The summed E-state index contributed by atoms with van der Waals surface area (Å²) >= 11 is 0. The molecule has 1 saturated heterocycles. The Morgan fingerprint density at radius 1 is 1.34 bits per heavy atom. The van der Waals surface area contributed by atoms with Crippen LogP contribution in [-0.4, -0.2) is 59.6 Å². The Morgan fingerprint density at radius 2 is 2.07 bits per heavy atom. The molecule has 0 bridgehead atoms. The standard InChI is InChI=1S/C21H26N4O3S/c1-4-12-24(19-11-14-29(27,28)15-19)13-10-20(26)22-21-16(2)23-25(17(21)3)18-8-6-5-7-9-18/h1,5-9,19H,10-15H2,2-3H3,(H,22,26). The third kappa shape index (κ3) is 5.05. The number of anilines is 1. The first kappa shape index (κ1) is 21.1. The maximum absolute atomic E-state index is 12.6. The van der Waals surface area contributed by atoms with Crippen LogP contribution in [0.25, 0.3) is 5.69 Å². The monoisotopic (exact) mass is 414 g/mol. The van der Waals surface area contributed by atoms with Crippen molar-refractivity contribution in [2.45, 2.75) is 32.7 Å². The van der Waals surface area contributed by atoms with Gasteiger partial charge in [-0.15, -0.1) is 6.42 Å². The number of para-hydroxylation sites is 1. The zero-order valence-electron chi connectivity index (χ0n) is 16.8. The molecule has 1 aromatic heterocycles. The lowest BCUT2D eigenvalue weighted by Crippen LogP contribution is -2.38. The van der Waals surface area contributed by atoms with Gasteiger partial charge in [0.05, 0.1) is 40.8 Å². The van der Waals surface area contributed by atoms with Gasteiger partial charge in [0, 0.05) is 19.0 Å². The van der Waals surface area contributed by atoms with Crippen molar-refractivity contribution in [3.8, 4) is 18.0 Å². The molecule has 2 aromatic rings. The number of hydrogen-bond acceptors (Lipinski definition) is 5. The number of nitrogens with one attached hydrogen (secondary N) is 1. The first-order valence-electron chi connectivity index (χ1n) is 9.60. The van der Waals surface area contributed by atoms with Gasteiger partial charge in [-0.25, -0.2) is 13.1 Å². The minimum atomic E-state index is -3.00. The van der Waals surface area contributed by atoms with E-state index in [1.807, 2.05) is 49.1 Å². The Labute approximate surface area is 172 Å². The maximum atomic E-state index is 12.6. The molecular weight excluding hydrogens is 388 g/mol. The maximum Gasteiger partial charge on any atom is 0.225 e. The van der Waals surface area contributed by atoms with Crippen molar-refractivity contribution in [1.82, 2.24) is 14.7 Å². The number of terminal acetylenes is 1. The van der Waals surface area contributed by atoms with Gasteiger partial charge in [-0.3, -0.25) is 9.69 Å². The second-order valence-electron chi connectivity index (χ2n) is 7.32. The van der Waals surface area contributed by atoms with E-state index in [-0.39, 0.29) is 29.9 Å². The summed E-state index contributed by atoms with van der Waals surface area (Å²) in [5.41, 5.74) is 3.22. The number of aryl methyl sites for hydroxylation is 1. The van der Waals surface area contributed by atoms with Crippen LogP contribution in [0.2, 0.25) is 0 Å². The number of rotatable bonds is 7. The number of hydrogen-bond donors (Lipinski definition) is 1. The zero-order chi connectivity index (χ0) is 21.0. The van der Waals surface area contributed by atoms with Gasteiger partial charge in [0.25, 0.3) is 0 Å². The van der Waals surface area contributed by atoms with Crippen LogP contribution >= 0.6 is 0 Å². The lowest BCUT2D eigenvalue weighted by Gasteiger charge is -2.25. The molecule has 0 spiro atoms. The van der Waals surface area contributed by atoms with E-state index in [0.717, 1.165) is 17.1 Å². The predicted molar refractivity (Wildman–Crippen MR) is 114 cm³/mol. The quantitative estimate of drug-likeness (QED) is 0.700. The van der Waals surface area contributed by atoms with Gasteiger partial charge in [-0.05, 0) is 32.4 Å². The van der Waals surface area contributed by atoms with Crippen molar-refractivity contribution in [2.24, 2.45) is 0 Å². The van der Waals surface area contributed by atoms with E-state index in [2.05, 4.69) is 16.3 Å². The van der Waals surface area contributed by atoms with Crippen molar-refractivity contribution < 1.29 is 13.2 Å². The fraction of sp³-hybridized carbons (Fsp3) is 0.429. The van der Waals surface area contributed by atoms with Crippen LogP contribution in [0.4, 0.5) is 5.69 Å². The fourth-order valence-electron chi connectivity index (χ4n) is 3.66. The highest BCUT2D eigenvalue weighted by molar-refractivity contribution is 7.91. The van der Waals surface area contributed by atoms with Crippen molar-refractivity contribution >= 4 is 21.4 Å². The Hall–Kier alpha value is -2.63. The lowest BCUT2D eigenvalue weighted by atomic mass is 10.2. The summed E-state index contributed by atoms with van der Waals surface area (Å²) in [6.45, 7) is 4.52. The average Bonchev–Trinajstić information content (AvgIpc) is 3.19. The largest absolute Gasteiger partial charge is 0.323 e. The molecule has 2 heterocycles. The Morgan fingerprint density at radius 3 is 2.69 bits per heavy atom. The molecule has 7 nitrogen and oxygen atoms in total. The van der Waals surface area contributed by atoms with Gasteiger partial charge in [-0.1, -0.05) is 24.1 Å². The average molecular weight is 415 g/mol. The van der Waals surface area contributed by atoms with Gasteiger partial charge < -0.3 is 5.32 Å². The molecule has 154 valence electrons. The van der Waals surface area contributed by atoms with Crippen molar-refractivity contribution in [3.05, 3.63) is 41.7 Å². The van der Waals surface area contributed by atoms with Gasteiger partial charge in [0.1, 0.15) is 0 Å². The van der Waals surface area contributed by atoms with E-state index in [1.165, 1.54) is 0 Å². The number of carbonyl (C=O) groups excluding carboxylic acids is 1. The highest BCUT2D eigenvalue weighted by atomic mass is 32.2. The second-order valence-corrected chi connectivity index (χ2v) is 9.55. The fourth-order valence-corrected chi connectivity index (χ4v) is 5.42. The van der Waals surface area contributed by atoms with E-state index in [9.17, 15) is 13.2 Å². The topological polar surface area (TPSA) is 84.3 Å². The molecule has 29 heavy (non-hydrogen) atoms. The van der Waals surface area contributed by atoms with E-state index in [4.69, 9.17) is 6.42 Å². The Kier molecular flexibility index (Phi) is 6.40. The summed E-state index contributed by atoms with van der Waals surface area (Å²) in [5.74, 6) is 2.72. The summed E-state index contributed by atoms with van der Waals surface area (Å²) in [4.78, 5) is 14.5. The van der Waals surface area contributed by atoms with Crippen LogP contribution < -0.4 is 5.32 Å². The predicted octanol–water partition coefficient (Wildman–Crippen LogP) is 1.94. The molecule has 3 rings (SSSR count). The second kappa shape index (κ2) is 8.80. The molecule has 1 atom stereocenters. The van der Waals surface area contributed by atoms with Gasteiger partial charge in [0.15, 0.2) is 9.84 Å². The molecule has 1 aliphatic rings. The first-order chi connectivity index (χ1) is 13.8. The van der Waals surface area contributed by atoms with Crippen LogP contribution in [0.15, 0.2) is 30.3 Å². The summed E-state index contributed by atoms with van der Waals surface area (Å²) in [6, 6.07) is 9.61. The molecule has 1 aliphatic heterocycles. The van der Waals surface area contributed by atoms with Crippen molar-refractivity contribution in [3.63, 3.8) is 0 Å². The number of amides is 1. The highest BCUT2D eigenvalue weighted by Gasteiger charge is 2.32. The van der Waals surface area contributed by atoms with Crippen LogP contribution in [0, 0.1) is 26.2 Å². The molecule has 8 heteroatoms. The summed E-state index contributed by atoms with van der Waals surface area (Å²) in [5, 5.41) is 7.49.